The minimum atomic E-state index is 0.630. The third-order valence-corrected chi connectivity index (χ3v) is 5.64. The van der Waals surface area contributed by atoms with Gasteiger partial charge in [0.1, 0.15) is 5.58 Å². The van der Waals surface area contributed by atoms with Crippen LogP contribution in [0.1, 0.15) is 30.7 Å². The van der Waals surface area contributed by atoms with Gasteiger partial charge >= 0.3 is 0 Å². The fourth-order valence-electron chi connectivity index (χ4n) is 3.37. The minimum Gasteiger partial charge on any atom is -0.452 e. The fourth-order valence-corrected chi connectivity index (χ4v) is 4.18. The molecule has 3 heterocycles. The van der Waals surface area contributed by atoms with Crippen LogP contribution in [0.2, 0.25) is 0 Å². The number of rotatable bonds is 3. The van der Waals surface area contributed by atoms with Gasteiger partial charge in [-0.3, -0.25) is 0 Å². The smallest absolute Gasteiger partial charge is 0.230 e. The van der Waals surface area contributed by atoms with Crippen molar-refractivity contribution in [1.29, 1.82) is 0 Å². The summed E-state index contributed by atoms with van der Waals surface area (Å²) in [6.07, 6.45) is 8.35. The summed E-state index contributed by atoms with van der Waals surface area (Å²) >= 11 is 2.38. The number of benzene rings is 1. The zero-order valence-corrected chi connectivity index (χ0v) is 17.9. The van der Waals surface area contributed by atoms with Crippen molar-refractivity contribution in [3.8, 4) is 0 Å². The van der Waals surface area contributed by atoms with Gasteiger partial charge < -0.3 is 8.83 Å². The number of halogens is 1. The van der Waals surface area contributed by atoms with Crippen LogP contribution in [-0.2, 0) is 0 Å². The number of nitrogens with zero attached hydrogens (tertiary/aromatic N) is 1. The Bertz CT molecular complexity index is 1270. The summed E-state index contributed by atoms with van der Waals surface area (Å²) in [5.74, 6) is 0. The van der Waals surface area contributed by atoms with E-state index in [1.165, 1.54) is 20.3 Å². The molecule has 4 heteroatoms. The summed E-state index contributed by atoms with van der Waals surface area (Å²) in [6, 6.07) is 8.26. The lowest BCUT2D eigenvalue weighted by Crippen LogP contribution is -1.89. The fraction of sp³-hybridized carbons (Fsp3) is 0.174. The van der Waals surface area contributed by atoms with E-state index in [-0.39, 0.29) is 0 Å². The molecule has 3 aromatic heterocycles. The monoisotopic (exact) mass is 469 g/mol. The Morgan fingerprint density at radius 1 is 1.04 bits per heavy atom. The van der Waals surface area contributed by atoms with Crippen molar-refractivity contribution in [1.82, 2.24) is 4.98 Å². The van der Waals surface area contributed by atoms with Gasteiger partial charge in [0.15, 0.2) is 11.2 Å². The van der Waals surface area contributed by atoms with E-state index in [0.29, 0.717) is 5.71 Å². The number of hydrogen-bond acceptors (Lipinski definition) is 3. The minimum absolute atomic E-state index is 0.630. The summed E-state index contributed by atoms with van der Waals surface area (Å²) in [5.41, 5.74) is 7.49. The van der Waals surface area contributed by atoms with Gasteiger partial charge in [0.05, 0.1) is 10.8 Å². The summed E-state index contributed by atoms with van der Waals surface area (Å²) in [5, 5.41) is 1.91. The molecule has 0 atom stereocenters. The molecular weight excluding hydrogens is 449 g/mol. The first-order valence-electron chi connectivity index (χ1n) is 8.92. The van der Waals surface area contributed by atoms with Crippen molar-refractivity contribution in [2.45, 2.75) is 27.7 Å². The van der Waals surface area contributed by atoms with Gasteiger partial charge in [0.2, 0.25) is 5.71 Å². The van der Waals surface area contributed by atoms with Crippen LogP contribution in [0.5, 0.6) is 0 Å². The molecule has 4 rings (SSSR count). The van der Waals surface area contributed by atoms with Gasteiger partial charge in [-0.1, -0.05) is 18.2 Å². The molecule has 0 N–H and O–H groups in total. The van der Waals surface area contributed by atoms with Crippen molar-refractivity contribution in [2.75, 3.05) is 0 Å². The molecule has 0 fully saturated rings. The third-order valence-electron chi connectivity index (χ3n) is 4.70. The highest BCUT2D eigenvalue weighted by molar-refractivity contribution is 14.1. The predicted molar refractivity (Wildman–Crippen MR) is 121 cm³/mol. The summed E-state index contributed by atoms with van der Waals surface area (Å²) in [7, 11) is 0. The van der Waals surface area contributed by atoms with E-state index in [9.17, 15) is 0 Å². The lowest BCUT2D eigenvalue weighted by Gasteiger charge is -2.10. The van der Waals surface area contributed by atoms with Gasteiger partial charge in [-0.2, -0.15) is 0 Å². The maximum Gasteiger partial charge on any atom is 0.230 e. The van der Waals surface area contributed by atoms with Gasteiger partial charge in [-0.15, -0.1) is 0 Å². The SMILES string of the molecule is C\C=C/C=C(I)\C(=C/C)c1cc2oc3c4ccc(C)nc4oc3c2cc1C. The third kappa shape index (κ3) is 3.02. The van der Waals surface area contributed by atoms with Crippen molar-refractivity contribution >= 4 is 61.4 Å². The second-order valence-electron chi connectivity index (χ2n) is 6.57. The van der Waals surface area contributed by atoms with E-state index in [1.807, 2.05) is 32.1 Å². The number of pyridine rings is 1. The van der Waals surface area contributed by atoms with Crippen molar-refractivity contribution in [2.24, 2.45) is 0 Å². The molecule has 0 spiro atoms. The van der Waals surface area contributed by atoms with E-state index in [0.717, 1.165) is 33.2 Å². The van der Waals surface area contributed by atoms with Crippen molar-refractivity contribution < 1.29 is 8.83 Å². The van der Waals surface area contributed by atoms with E-state index in [4.69, 9.17) is 8.83 Å². The molecule has 0 amide bonds. The molecule has 0 aliphatic heterocycles. The Hall–Kier alpha value is -2.34. The number of fused-ring (bicyclic) bond motifs is 5. The highest BCUT2D eigenvalue weighted by Gasteiger charge is 2.19. The van der Waals surface area contributed by atoms with Crippen LogP contribution >= 0.6 is 22.6 Å². The first-order valence-corrected chi connectivity index (χ1v) is 10.00. The molecule has 0 saturated carbocycles. The summed E-state index contributed by atoms with van der Waals surface area (Å²) < 4.78 is 13.4. The average Bonchev–Trinajstić information content (AvgIpc) is 3.16. The van der Waals surface area contributed by atoms with E-state index >= 15 is 0 Å². The first kappa shape index (κ1) is 18.0. The quantitative estimate of drug-likeness (QED) is 0.229. The molecule has 0 radical (unpaired) electrons. The summed E-state index contributed by atoms with van der Waals surface area (Å²) in [6.45, 7) is 8.17. The Labute approximate surface area is 171 Å². The molecule has 1 aromatic carbocycles. The Morgan fingerprint density at radius 2 is 1.81 bits per heavy atom. The number of aromatic nitrogens is 1. The van der Waals surface area contributed by atoms with Crippen LogP contribution in [0, 0.1) is 13.8 Å². The van der Waals surface area contributed by atoms with E-state index in [1.54, 1.807) is 0 Å². The maximum atomic E-state index is 6.20. The highest BCUT2D eigenvalue weighted by Crippen LogP contribution is 2.39. The molecule has 136 valence electrons. The molecule has 3 nitrogen and oxygen atoms in total. The predicted octanol–water partition coefficient (Wildman–Crippen LogP) is 7.64. The van der Waals surface area contributed by atoms with E-state index in [2.05, 4.69) is 71.8 Å². The lowest BCUT2D eigenvalue weighted by molar-refractivity contribution is 0.644. The molecule has 0 bridgehead atoms. The van der Waals surface area contributed by atoms with Gasteiger partial charge in [0.25, 0.3) is 0 Å². The number of allylic oxidation sites excluding steroid dienone is 6. The van der Waals surface area contributed by atoms with Gasteiger partial charge in [-0.25, -0.2) is 4.98 Å². The Kier molecular flexibility index (Phi) is 4.68. The molecule has 27 heavy (non-hydrogen) atoms. The number of hydrogen-bond donors (Lipinski definition) is 0. The van der Waals surface area contributed by atoms with Crippen molar-refractivity contribution in [3.05, 3.63) is 69.0 Å². The molecule has 0 aliphatic rings. The first-order chi connectivity index (χ1) is 13.0. The normalized spacial score (nSPS) is 13.7. The number of aryl methyl sites for hydroxylation is 2. The van der Waals surface area contributed by atoms with Crippen LogP contribution in [0.25, 0.3) is 38.8 Å². The zero-order chi connectivity index (χ0) is 19.1. The van der Waals surface area contributed by atoms with Crippen LogP contribution in [0.4, 0.5) is 0 Å². The standard InChI is InChI=1S/C23H20INO2/c1-5-7-8-19(24)15(6-2)17-12-20-18(11-13(17)3)22-21(26-20)16-10-9-14(4)25-23(16)27-22/h5-12H,1-4H3/b7-5-,15-6-,19-8+. The van der Waals surface area contributed by atoms with Crippen LogP contribution in [-0.4, -0.2) is 4.98 Å². The summed E-state index contributed by atoms with van der Waals surface area (Å²) in [4.78, 5) is 4.47. The van der Waals surface area contributed by atoms with Crippen molar-refractivity contribution in [3.63, 3.8) is 0 Å². The molecular formula is C23H20INO2. The number of furan rings is 2. The molecule has 0 unspecified atom stereocenters. The average molecular weight is 469 g/mol. The Balaban J connectivity index is 1.95. The van der Waals surface area contributed by atoms with Crippen LogP contribution in [0.15, 0.2) is 61.0 Å². The van der Waals surface area contributed by atoms with Gasteiger partial charge in [0, 0.05) is 9.27 Å². The second kappa shape index (κ2) is 7.00. The largest absolute Gasteiger partial charge is 0.452 e. The van der Waals surface area contributed by atoms with Gasteiger partial charge in [-0.05, 0) is 97.3 Å². The molecule has 4 aromatic rings. The Morgan fingerprint density at radius 3 is 2.56 bits per heavy atom. The zero-order valence-electron chi connectivity index (χ0n) is 15.8. The highest BCUT2D eigenvalue weighted by atomic mass is 127. The van der Waals surface area contributed by atoms with E-state index < -0.39 is 0 Å². The van der Waals surface area contributed by atoms with Crippen LogP contribution in [0.3, 0.4) is 0 Å². The van der Waals surface area contributed by atoms with Crippen LogP contribution < -0.4 is 0 Å². The molecule has 0 saturated heterocycles. The second-order valence-corrected chi connectivity index (χ2v) is 7.74. The maximum absolute atomic E-state index is 6.20. The topological polar surface area (TPSA) is 39.2 Å². The molecule has 0 aliphatic carbocycles. The lowest BCUT2D eigenvalue weighted by atomic mass is 9.98.